The third-order valence-electron chi connectivity index (χ3n) is 2.90. The van der Waals surface area contributed by atoms with Crippen LogP contribution in [-0.4, -0.2) is 22.2 Å². The SMILES string of the molecule is CNc1nc2ccccc2cc1CSc1nnc(C)s1. The van der Waals surface area contributed by atoms with Crippen LogP contribution in [0.5, 0.6) is 0 Å². The van der Waals surface area contributed by atoms with Gasteiger partial charge in [0.05, 0.1) is 5.52 Å². The number of anilines is 1. The Hall–Kier alpha value is -1.66. The van der Waals surface area contributed by atoms with Crippen molar-refractivity contribution in [1.82, 2.24) is 15.2 Å². The van der Waals surface area contributed by atoms with Crippen LogP contribution < -0.4 is 5.32 Å². The smallest absolute Gasteiger partial charge is 0.174 e. The molecular weight excluding hydrogens is 288 g/mol. The van der Waals surface area contributed by atoms with Crippen molar-refractivity contribution in [3.05, 3.63) is 40.9 Å². The highest BCUT2D eigenvalue weighted by atomic mass is 32.2. The number of pyridine rings is 1. The molecule has 0 aliphatic carbocycles. The first-order chi connectivity index (χ1) is 9.76. The van der Waals surface area contributed by atoms with E-state index in [1.54, 1.807) is 23.1 Å². The Bertz CT molecular complexity index is 739. The molecule has 0 bridgehead atoms. The molecule has 0 saturated carbocycles. The summed E-state index contributed by atoms with van der Waals surface area (Å²) in [5.41, 5.74) is 2.20. The molecule has 2 heterocycles. The van der Waals surface area contributed by atoms with Crippen molar-refractivity contribution < 1.29 is 0 Å². The number of hydrogen-bond acceptors (Lipinski definition) is 6. The van der Waals surface area contributed by atoms with Gasteiger partial charge in [-0.1, -0.05) is 41.3 Å². The summed E-state index contributed by atoms with van der Waals surface area (Å²) in [6, 6.07) is 10.3. The molecule has 0 spiro atoms. The van der Waals surface area contributed by atoms with E-state index in [4.69, 9.17) is 0 Å². The van der Waals surface area contributed by atoms with Crippen LogP contribution in [0.4, 0.5) is 5.82 Å². The maximum absolute atomic E-state index is 4.65. The molecule has 3 rings (SSSR count). The largest absolute Gasteiger partial charge is 0.373 e. The Morgan fingerprint density at radius 1 is 1.25 bits per heavy atom. The number of aromatic nitrogens is 3. The molecule has 6 heteroatoms. The highest BCUT2D eigenvalue weighted by Gasteiger charge is 2.08. The topological polar surface area (TPSA) is 50.7 Å². The van der Waals surface area contributed by atoms with Crippen molar-refractivity contribution in [1.29, 1.82) is 0 Å². The predicted molar refractivity (Wildman–Crippen MR) is 85.5 cm³/mol. The first-order valence-electron chi connectivity index (χ1n) is 6.25. The maximum Gasteiger partial charge on any atom is 0.174 e. The van der Waals surface area contributed by atoms with Crippen LogP contribution in [0.25, 0.3) is 10.9 Å². The van der Waals surface area contributed by atoms with Gasteiger partial charge in [-0.25, -0.2) is 4.98 Å². The van der Waals surface area contributed by atoms with Gasteiger partial charge in [0, 0.05) is 23.8 Å². The van der Waals surface area contributed by atoms with Gasteiger partial charge in [0.2, 0.25) is 0 Å². The van der Waals surface area contributed by atoms with Gasteiger partial charge < -0.3 is 5.32 Å². The van der Waals surface area contributed by atoms with E-state index in [9.17, 15) is 0 Å². The number of para-hydroxylation sites is 1. The van der Waals surface area contributed by atoms with Crippen molar-refractivity contribution >= 4 is 39.8 Å². The van der Waals surface area contributed by atoms with Gasteiger partial charge in [0.15, 0.2) is 4.34 Å². The van der Waals surface area contributed by atoms with Gasteiger partial charge in [-0.15, -0.1) is 10.2 Å². The van der Waals surface area contributed by atoms with E-state index in [-0.39, 0.29) is 0 Å². The minimum atomic E-state index is 0.836. The first-order valence-corrected chi connectivity index (χ1v) is 8.06. The van der Waals surface area contributed by atoms with E-state index in [0.29, 0.717) is 0 Å². The number of thioether (sulfide) groups is 1. The Morgan fingerprint density at radius 2 is 2.10 bits per heavy atom. The van der Waals surface area contributed by atoms with Gasteiger partial charge in [-0.05, 0) is 19.1 Å². The van der Waals surface area contributed by atoms with Gasteiger partial charge >= 0.3 is 0 Å². The average molecular weight is 302 g/mol. The fourth-order valence-corrected chi connectivity index (χ4v) is 3.75. The molecule has 0 aliphatic rings. The lowest BCUT2D eigenvalue weighted by atomic mass is 10.1. The molecule has 0 aliphatic heterocycles. The first kappa shape index (κ1) is 13.3. The molecule has 4 nitrogen and oxygen atoms in total. The van der Waals surface area contributed by atoms with Crippen molar-refractivity contribution in [2.45, 2.75) is 17.0 Å². The van der Waals surface area contributed by atoms with Crippen LogP contribution in [0, 0.1) is 6.92 Å². The highest BCUT2D eigenvalue weighted by Crippen LogP contribution is 2.29. The second kappa shape index (κ2) is 5.76. The minimum absolute atomic E-state index is 0.836. The number of nitrogens with one attached hydrogen (secondary N) is 1. The molecular formula is C14H14N4S2. The van der Waals surface area contributed by atoms with E-state index in [0.717, 1.165) is 31.8 Å². The Kier molecular flexibility index (Phi) is 3.84. The molecule has 0 amide bonds. The Labute approximate surface area is 125 Å². The van der Waals surface area contributed by atoms with Crippen LogP contribution in [0.1, 0.15) is 10.6 Å². The average Bonchev–Trinajstić information content (AvgIpc) is 2.89. The Morgan fingerprint density at radius 3 is 2.85 bits per heavy atom. The maximum atomic E-state index is 4.65. The zero-order chi connectivity index (χ0) is 13.9. The molecule has 1 N–H and O–H groups in total. The lowest BCUT2D eigenvalue weighted by molar-refractivity contribution is 0.983. The second-order valence-corrected chi connectivity index (χ2v) is 6.72. The van der Waals surface area contributed by atoms with Crippen molar-refractivity contribution in [2.75, 3.05) is 12.4 Å². The molecule has 2 aromatic heterocycles. The molecule has 20 heavy (non-hydrogen) atoms. The van der Waals surface area contributed by atoms with E-state index in [1.165, 1.54) is 5.56 Å². The molecule has 0 saturated heterocycles. The van der Waals surface area contributed by atoms with Gasteiger partial charge in [0.1, 0.15) is 10.8 Å². The summed E-state index contributed by atoms with van der Waals surface area (Å²) >= 11 is 3.32. The second-order valence-electron chi connectivity index (χ2n) is 4.31. The van der Waals surface area contributed by atoms with Crippen LogP contribution in [-0.2, 0) is 5.75 Å². The number of aryl methyl sites for hydroxylation is 1. The summed E-state index contributed by atoms with van der Waals surface area (Å²) in [4.78, 5) is 4.65. The van der Waals surface area contributed by atoms with E-state index < -0.39 is 0 Å². The fourth-order valence-electron chi connectivity index (χ4n) is 1.96. The zero-order valence-electron chi connectivity index (χ0n) is 11.3. The van der Waals surface area contributed by atoms with Gasteiger partial charge in [-0.2, -0.15) is 0 Å². The number of hydrogen-bond donors (Lipinski definition) is 1. The third-order valence-corrected chi connectivity index (χ3v) is 4.92. The number of nitrogens with zero attached hydrogens (tertiary/aromatic N) is 3. The van der Waals surface area contributed by atoms with Crippen molar-refractivity contribution in [3.8, 4) is 0 Å². The van der Waals surface area contributed by atoms with Crippen LogP contribution in [0.2, 0.25) is 0 Å². The summed E-state index contributed by atoms with van der Waals surface area (Å²) in [5.74, 6) is 1.76. The normalized spacial score (nSPS) is 10.9. The van der Waals surface area contributed by atoms with Gasteiger partial charge in [-0.3, -0.25) is 0 Å². The summed E-state index contributed by atoms with van der Waals surface area (Å²) in [5, 5.41) is 13.5. The molecule has 102 valence electrons. The van der Waals surface area contributed by atoms with E-state index >= 15 is 0 Å². The summed E-state index contributed by atoms with van der Waals surface area (Å²) < 4.78 is 0.998. The summed E-state index contributed by atoms with van der Waals surface area (Å²) in [7, 11) is 1.90. The zero-order valence-corrected chi connectivity index (χ0v) is 12.9. The molecule has 3 aromatic rings. The number of rotatable bonds is 4. The standard InChI is InChI=1S/C14H14N4S2/c1-9-17-18-14(20-9)19-8-11-7-10-5-3-4-6-12(10)16-13(11)15-2/h3-7H,8H2,1-2H3,(H,15,16). The molecule has 0 atom stereocenters. The predicted octanol–water partition coefficient (Wildman–Crippen LogP) is 3.73. The monoisotopic (exact) mass is 302 g/mol. The Balaban J connectivity index is 1.89. The minimum Gasteiger partial charge on any atom is -0.373 e. The third kappa shape index (κ3) is 2.76. The molecule has 0 fully saturated rings. The summed E-state index contributed by atoms with van der Waals surface area (Å²) in [6.45, 7) is 1.97. The fraction of sp³-hybridized carbons (Fsp3) is 0.214. The van der Waals surface area contributed by atoms with Crippen LogP contribution in [0.15, 0.2) is 34.7 Å². The lowest BCUT2D eigenvalue weighted by Gasteiger charge is -2.09. The van der Waals surface area contributed by atoms with Crippen molar-refractivity contribution in [2.24, 2.45) is 0 Å². The van der Waals surface area contributed by atoms with Gasteiger partial charge in [0.25, 0.3) is 0 Å². The lowest BCUT2D eigenvalue weighted by Crippen LogP contribution is -1.98. The summed E-state index contributed by atoms with van der Waals surface area (Å²) in [6.07, 6.45) is 0. The molecule has 1 aromatic carbocycles. The highest BCUT2D eigenvalue weighted by molar-refractivity contribution is 8.00. The number of benzene rings is 1. The molecule has 0 unspecified atom stereocenters. The van der Waals surface area contributed by atoms with E-state index in [1.807, 2.05) is 32.2 Å². The van der Waals surface area contributed by atoms with Crippen LogP contribution in [0.3, 0.4) is 0 Å². The van der Waals surface area contributed by atoms with Crippen molar-refractivity contribution in [3.63, 3.8) is 0 Å². The number of fused-ring (bicyclic) bond motifs is 1. The molecule has 0 radical (unpaired) electrons. The quantitative estimate of drug-likeness (QED) is 0.744. The van der Waals surface area contributed by atoms with Crippen LogP contribution >= 0.6 is 23.1 Å². The van der Waals surface area contributed by atoms with E-state index in [2.05, 4.69) is 32.6 Å².